The van der Waals surface area contributed by atoms with E-state index in [4.69, 9.17) is 5.11 Å². The lowest BCUT2D eigenvalue weighted by molar-refractivity contribution is -0.199. The van der Waals surface area contributed by atoms with Crippen molar-refractivity contribution in [3.05, 3.63) is 29.8 Å². The molecule has 0 saturated carbocycles. The summed E-state index contributed by atoms with van der Waals surface area (Å²) in [6, 6.07) is 4.07. The topological polar surface area (TPSA) is 46.5 Å². The lowest BCUT2D eigenvalue weighted by Crippen LogP contribution is -2.32. The van der Waals surface area contributed by atoms with Crippen LogP contribution in [0.15, 0.2) is 24.3 Å². The predicted octanol–water partition coefficient (Wildman–Crippen LogP) is 2.89. The third-order valence-corrected chi connectivity index (χ3v) is 1.86. The van der Waals surface area contributed by atoms with E-state index < -0.39 is 17.7 Å². The summed E-state index contributed by atoms with van der Waals surface area (Å²) in [7, 11) is 0. The summed E-state index contributed by atoms with van der Waals surface area (Å²) in [6.45, 7) is 0. The van der Waals surface area contributed by atoms with E-state index in [1.807, 2.05) is 0 Å². The minimum absolute atomic E-state index is 0.0988. The Morgan fingerprint density at radius 2 is 1.88 bits per heavy atom. The molecule has 1 aromatic rings. The number of halogens is 4. The third kappa shape index (κ3) is 3.03. The fourth-order valence-corrected chi connectivity index (χ4v) is 0.912. The van der Waals surface area contributed by atoms with Crippen molar-refractivity contribution >= 4 is 17.6 Å². The number of rotatable bonds is 4. The molecule has 0 aliphatic heterocycles. The van der Waals surface area contributed by atoms with Crippen molar-refractivity contribution < 1.29 is 27.8 Å². The van der Waals surface area contributed by atoms with Gasteiger partial charge in [-0.1, -0.05) is 11.6 Å². The Morgan fingerprint density at radius 1 is 1.38 bits per heavy atom. The summed E-state index contributed by atoms with van der Waals surface area (Å²) in [5.41, 5.74) is -3.08. The zero-order chi connectivity index (χ0) is 12.3. The summed E-state index contributed by atoms with van der Waals surface area (Å²) in [6.07, 6.45) is -4.16. The van der Waals surface area contributed by atoms with Gasteiger partial charge in [0.2, 0.25) is 0 Å². The maximum atomic E-state index is 12.6. The highest BCUT2D eigenvalue weighted by molar-refractivity contribution is 6.20. The average Bonchev–Trinajstić information content (AvgIpc) is 2.17. The molecule has 0 saturated heterocycles. The molecule has 0 aliphatic rings. The van der Waals surface area contributed by atoms with Gasteiger partial charge in [-0.05, 0) is 24.3 Å². The van der Waals surface area contributed by atoms with Crippen LogP contribution >= 0.6 is 11.6 Å². The van der Waals surface area contributed by atoms with Gasteiger partial charge in [0.15, 0.2) is 0 Å². The molecule has 88 valence electrons. The number of ether oxygens (including phenoxy) is 1. The number of hydrogen-bond acceptors (Lipinski definition) is 2. The Bertz CT molecular complexity index is 378. The van der Waals surface area contributed by atoms with E-state index in [0.29, 0.717) is 0 Å². The van der Waals surface area contributed by atoms with Crippen LogP contribution in [-0.4, -0.2) is 22.8 Å². The van der Waals surface area contributed by atoms with E-state index in [9.17, 15) is 18.0 Å². The van der Waals surface area contributed by atoms with Crippen molar-refractivity contribution in [3.8, 4) is 5.75 Å². The zero-order valence-electron chi connectivity index (χ0n) is 7.66. The van der Waals surface area contributed by atoms with Gasteiger partial charge in [0.25, 0.3) is 5.63 Å². The van der Waals surface area contributed by atoms with Gasteiger partial charge in [-0.3, -0.25) is 0 Å². The second-order valence-corrected chi connectivity index (χ2v) is 3.18. The van der Waals surface area contributed by atoms with Crippen LogP contribution in [0.3, 0.4) is 0 Å². The first kappa shape index (κ1) is 12.6. The number of aromatic carboxylic acids is 1. The largest absolute Gasteiger partial charge is 0.478 e. The highest BCUT2D eigenvalue weighted by Crippen LogP contribution is 2.28. The molecular weight excluding hydrogens is 249 g/mol. The summed E-state index contributed by atoms with van der Waals surface area (Å²) in [5.74, 6) is -1.59. The Kier molecular flexibility index (Phi) is 3.64. The summed E-state index contributed by atoms with van der Waals surface area (Å²) < 4.78 is 41.4. The Labute approximate surface area is 93.4 Å². The van der Waals surface area contributed by atoms with E-state index in [-0.39, 0.29) is 11.3 Å². The van der Waals surface area contributed by atoms with Crippen LogP contribution in [0, 0.1) is 0 Å². The van der Waals surface area contributed by atoms with Crippen molar-refractivity contribution in [1.29, 1.82) is 0 Å². The molecule has 3 nitrogen and oxygen atoms in total. The van der Waals surface area contributed by atoms with E-state index in [1.54, 1.807) is 0 Å². The molecule has 0 heterocycles. The first-order chi connectivity index (χ1) is 7.33. The molecule has 0 spiro atoms. The number of carboxylic acid groups (broad SMARTS) is 1. The molecule has 0 fully saturated rings. The molecule has 0 bridgehead atoms. The van der Waals surface area contributed by atoms with Crippen LogP contribution < -0.4 is 4.74 Å². The van der Waals surface area contributed by atoms with E-state index in [0.717, 1.165) is 24.3 Å². The third-order valence-electron chi connectivity index (χ3n) is 1.61. The highest BCUT2D eigenvalue weighted by atomic mass is 35.5. The van der Waals surface area contributed by atoms with Crippen molar-refractivity contribution in [2.75, 3.05) is 0 Å². The first-order valence-corrected chi connectivity index (χ1v) is 4.45. The van der Waals surface area contributed by atoms with Crippen molar-refractivity contribution in [2.45, 2.75) is 11.7 Å². The maximum absolute atomic E-state index is 12.6. The number of alkyl halides is 4. The molecule has 0 aromatic heterocycles. The van der Waals surface area contributed by atoms with Gasteiger partial charge in [-0.15, -0.1) is 0 Å². The quantitative estimate of drug-likeness (QED) is 0.841. The highest BCUT2D eigenvalue weighted by Gasteiger charge is 2.42. The second-order valence-electron chi connectivity index (χ2n) is 2.79. The summed E-state index contributed by atoms with van der Waals surface area (Å²) in [5, 5.41) is 8.53. The van der Waals surface area contributed by atoms with Crippen molar-refractivity contribution in [3.63, 3.8) is 0 Å². The average molecular weight is 255 g/mol. The number of carbonyl (C=O) groups is 1. The maximum Gasteiger partial charge on any atom is 0.444 e. The van der Waals surface area contributed by atoms with Crippen LogP contribution in [0.4, 0.5) is 13.2 Å². The minimum atomic E-state index is -4.16. The molecule has 0 unspecified atom stereocenters. The fraction of sp³-hybridized carbons (Fsp3) is 0.222. The Hall–Kier alpha value is -1.43. The van der Waals surface area contributed by atoms with E-state index >= 15 is 0 Å². The summed E-state index contributed by atoms with van der Waals surface area (Å²) in [4.78, 5) is 10.4. The van der Waals surface area contributed by atoms with Crippen LogP contribution in [0.1, 0.15) is 10.4 Å². The lowest BCUT2D eigenvalue weighted by Gasteiger charge is -2.17. The summed E-state index contributed by atoms with van der Waals surface area (Å²) >= 11 is 4.57. The van der Waals surface area contributed by atoms with E-state index in [2.05, 4.69) is 16.3 Å². The molecule has 1 rings (SSSR count). The van der Waals surface area contributed by atoms with Gasteiger partial charge >= 0.3 is 12.1 Å². The molecule has 1 N–H and O–H groups in total. The first-order valence-electron chi connectivity index (χ1n) is 4.01. The van der Waals surface area contributed by atoms with Gasteiger partial charge < -0.3 is 9.84 Å². The molecule has 0 radical (unpaired) electrons. The molecule has 1 aromatic carbocycles. The van der Waals surface area contributed by atoms with Crippen molar-refractivity contribution in [1.82, 2.24) is 0 Å². The Morgan fingerprint density at radius 3 is 2.25 bits per heavy atom. The molecule has 16 heavy (non-hydrogen) atoms. The minimum Gasteiger partial charge on any atom is -0.478 e. The Balaban J connectivity index is 2.80. The van der Waals surface area contributed by atoms with Gasteiger partial charge in [0.05, 0.1) is 5.56 Å². The molecule has 0 aliphatic carbocycles. The van der Waals surface area contributed by atoms with Gasteiger partial charge in [0.1, 0.15) is 5.75 Å². The number of benzene rings is 1. The smallest absolute Gasteiger partial charge is 0.444 e. The van der Waals surface area contributed by atoms with Crippen LogP contribution in [-0.2, 0) is 0 Å². The van der Waals surface area contributed by atoms with Gasteiger partial charge in [-0.25, -0.2) is 9.18 Å². The standard InChI is InChI=1S/C9H6ClF3O3/c10-8(11)9(12,13)16-6-3-1-5(2-4-6)7(14)15/h1-4,8H,(H,14,15)/t8-/m0/s1. The monoisotopic (exact) mass is 254 g/mol. The van der Waals surface area contributed by atoms with Crippen LogP contribution in [0.25, 0.3) is 0 Å². The van der Waals surface area contributed by atoms with Crippen LogP contribution in [0.2, 0.25) is 0 Å². The van der Waals surface area contributed by atoms with Crippen molar-refractivity contribution in [2.24, 2.45) is 0 Å². The molecule has 1 atom stereocenters. The fourth-order valence-electron chi connectivity index (χ4n) is 0.867. The van der Waals surface area contributed by atoms with E-state index in [1.165, 1.54) is 0 Å². The normalized spacial score (nSPS) is 13.2. The number of carboxylic acids is 1. The molecular formula is C9H6ClF3O3. The predicted molar refractivity (Wildman–Crippen MR) is 49.7 cm³/mol. The van der Waals surface area contributed by atoms with Gasteiger partial charge in [-0.2, -0.15) is 8.78 Å². The van der Waals surface area contributed by atoms with Gasteiger partial charge in [0, 0.05) is 0 Å². The van der Waals surface area contributed by atoms with Crippen LogP contribution in [0.5, 0.6) is 5.75 Å². The molecule has 7 heteroatoms. The SMILES string of the molecule is O=C(O)c1ccc(OC(F)(F)[C@H](F)Cl)cc1. The molecule has 0 amide bonds. The lowest BCUT2D eigenvalue weighted by atomic mass is 10.2. The zero-order valence-corrected chi connectivity index (χ0v) is 8.42. The number of hydrogen-bond donors (Lipinski definition) is 1. The second kappa shape index (κ2) is 4.61.